The number of nitrogens with one attached hydrogen (secondary N) is 1. The van der Waals surface area contributed by atoms with E-state index in [1.54, 1.807) is 39.3 Å². The van der Waals surface area contributed by atoms with Crippen molar-refractivity contribution in [3.8, 4) is 11.5 Å². The van der Waals surface area contributed by atoms with E-state index >= 15 is 0 Å². The number of Topliss-reactive ketones (excluding diaryl/α,β-unsaturated/α-hetero) is 1. The Morgan fingerprint density at radius 2 is 1.97 bits per heavy atom. The molecule has 1 aromatic carbocycles. The summed E-state index contributed by atoms with van der Waals surface area (Å²) in [7, 11) is 3.10. The summed E-state index contributed by atoms with van der Waals surface area (Å²) in [5, 5.41) is 4.81. The predicted octanol–water partition coefficient (Wildman–Crippen LogP) is 3.56. The summed E-state index contributed by atoms with van der Waals surface area (Å²) in [6.07, 6.45) is 0.451. The molecule has 1 aliphatic carbocycles. The second-order valence-corrected chi connectivity index (χ2v) is 8.70. The highest BCUT2D eigenvalue weighted by Crippen LogP contribution is 2.48. The van der Waals surface area contributed by atoms with Crippen molar-refractivity contribution in [2.24, 2.45) is 5.92 Å². The number of carbonyl (C=O) groups excluding carboxylic acids is 3. The topological polar surface area (TPSA) is 90.9 Å². The number of allylic oxidation sites excluding steroid dienone is 2. The van der Waals surface area contributed by atoms with Crippen molar-refractivity contribution in [2.45, 2.75) is 31.6 Å². The van der Waals surface area contributed by atoms with Crippen LogP contribution in [0.4, 0.5) is 0 Å². The summed E-state index contributed by atoms with van der Waals surface area (Å²) in [5.74, 6) is -1.75. The Bertz CT molecular complexity index is 1070. The van der Waals surface area contributed by atoms with E-state index in [1.165, 1.54) is 11.3 Å². The van der Waals surface area contributed by atoms with Crippen LogP contribution in [0.2, 0.25) is 0 Å². The minimum Gasteiger partial charge on any atom is -0.497 e. The molecule has 3 atom stereocenters. The summed E-state index contributed by atoms with van der Waals surface area (Å²) in [6.45, 7) is 1.91. The summed E-state index contributed by atoms with van der Waals surface area (Å²) in [4.78, 5) is 40.3. The number of ketones is 1. The van der Waals surface area contributed by atoms with E-state index in [-0.39, 0.29) is 30.6 Å². The lowest BCUT2D eigenvalue weighted by atomic mass is 9.69. The van der Waals surface area contributed by atoms with Gasteiger partial charge in [-0.15, -0.1) is 11.3 Å². The number of hydrogen-bond acceptors (Lipinski definition) is 7. The van der Waals surface area contributed by atoms with Gasteiger partial charge in [0.15, 0.2) is 5.78 Å². The molecule has 2 heterocycles. The molecule has 1 aromatic heterocycles. The molecule has 2 aromatic rings. The van der Waals surface area contributed by atoms with Gasteiger partial charge in [-0.05, 0) is 43.0 Å². The fraction of sp³-hybridized carbons (Fsp3) is 0.375. The Hall–Kier alpha value is -3.13. The van der Waals surface area contributed by atoms with Crippen LogP contribution < -0.4 is 14.8 Å². The number of hydrogen-bond donors (Lipinski definition) is 1. The van der Waals surface area contributed by atoms with Crippen LogP contribution in [0.3, 0.4) is 0 Å². The third-order valence-corrected chi connectivity index (χ3v) is 6.99. The van der Waals surface area contributed by atoms with Gasteiger partial charge in [0.25, 0.3) is 0 Å². The van der Waals surface area contributed by atoms with Gasteiger partial charge in [-0.2, -0.15) is 0 Å². The van der Waals surface area contributed by atoms with Gasteiger partial charge in [-0.1, -0.05) is 6.07 Å². The quantitative estimate of drug-likeness (QED) is 0.529. The van der Waals surface area contributed by atoms with E-state index in [1.807, 2.05) is 17.5 Å². The van der Waals surface area contributed by atoms with Crippen LogP contribution in [-0.2, 0) is 19.1 Å². The molecule has 0 saturated heterocycles. The molecule has 8 heteroatoms. The maximum atomic E-state index is 13.8. The fourth-order valence-corrected chi connectivity index (χ4v) is 5.47. The Morgan fingerprint density at radius 1 is 1.16 bits per heavy atom. The number of ether oxygens (including phenoxy) is 3. The molecule has 7 nitrogen and oxygen atoms in total. The highest BCUT2D eigenvalue weighted by molar-refractivity contribution is 7.10. The fourth-order valence-electron chi connectivity index (χ4n) is 4.60. The Morgan fingerprint density at radius 3 is 2.62 bits per heavy atom. The average Bonchev–Trinajstić information content (AvgIpc) is 3.32. The van der Waals surface area contributed by atoms with E-state index in [2.05, 4.69) is 5.32 Å². The number of esters is 1. The van der Waals surface area contributed by atoms with Crippen LogP contribution in [0.5, 0.6) is 11.5 Å². The molecule has 1 amide bonds. The zero-order valence-electron chi connectivity index (χ0n) is 18.2. The molecular weight excluding hydrogens is 430 g/mol. The van der Waals surface area contributed by atoms with Crippen LogP contribution in [0, 0.1) is 5.92 Å². The summed E-state index contributed by atoms with van der Waals surface area (Å²) in [5.41, 5.74) is 1.70. The summed E-state index contributed by atoms with van der Waals surface area (Å²) in [6, 6.07) is 9.10. The molecule has 0 spiro atoms. The van der Waals surface area contributed by atoms with E-state index in [0.29, 0.717) is 34.8 Å². The number of carbonyl (C=O) groups is 3. The van der Waals surface area contributed by atoms with Crippen LogP contribution in [0.15, 0.2) is 47.0 Å². The molecule has 1 N–H and O–H groups in total. The molecule has 2 aliphatic rings. The lowest BCUT2D eigenvalue weighted by Crippen LogP contribution is -2.44. The molecule has 0 unspecified atom stereocenters. The molecule has 4 rings (SSSR count). The summed E-state index contributed by atoms with van der Waals surface area (Å²) >= 11 is 1.49. The highest BCUT2D eigenvalue weighted by Gasteiger charge is 2.48. The van der Waals surface area contributed by atoms with Gasteiger partial charge >= 0.3 is 5.97 Å². The second-order valence-electron chi connectivity index (χ2n) is 7.73. The Kier molecular flexibility index (Phi) is 6.32. The zero-order valence-corrected chi connectivity index (χ0v) is 19.0. The van der Waals surface area contributed by atoms with Crippen molar-refractivity contribution < 1.29 is 28.6 Å². The minimum absolute atomic E-state index is 0.0767. The minimum atomic E-state index is -0.957. The Balaban J connectivity index is 1.85. The van der Waals surface area contributed by atoms with Crippen LogP contribution in [0.25, 0.3) is 0 Å². The maximum absolute atomic E-state index is 13.8. The predicted molar refractivity (Wildman–Crippen MR) is 119 cm³/mol. The maximum Gasteiger partial charge on any atom is 0.317 e. The first-order valence-electron chi connectivity index (χ1n) is 10.5. The number of thiophene rings is 1. The first kappa shape index (κ1) is 22.1. The monoisotopic (exact) mass is 455 g/mol. The lowest BCUT2D eigenvalue weighted by Gasteiger charge is -2.37. The molecule has 0 saturated carbocycles. The zero-order chi connectivity index (χ0) is 22.8. The van der Waals surface area contributed by atoms with Gasteiger partial charge < -0.3 is 19.5 Å². The number of rotatable bonds is 6. The van der Waals surface area contributed by atoms with Gasteiger partial charge in [0.1, 0.15) is 17.4 Å². The van der Waals surface area contributed by atoms with Crippen molar-refractivity contribution in [3.05, 3.63) is 57.4 Å². The van der Waals surface area contributed by atoms with Gasteiger partial charge in [0.2, 0.25) is 5.91 Å². The van der Waals surface area contributed by atoms with E-state index in [0.717, 1.165) is 4.88 Å². The number of benzene rings is 1. The lowest BCUT2D eigenvalue weighted by molar-refractivity contribution is -0.152. The first-order valence-corrected chi connectivity index (χ1v) is 11.4. The SMILES string of the molecule is CCOC(=O)[C@@H]1C(=O)C2=C(C[C@H]1c1cccs1)NC(=O)C[C@@H]2c1cc(OC)ccc1OC. The third kappa shape index (κ3) is 3.90. The van der Waals surface area contributed by atoms with Crippen molar-refractivity contribution >= 4 is 29.0 Å². The second kappa shape index (κ2) is 9.16. The van der Waals surface area contributed by atoms with Crippen molar-refractivity contribution in [1.82, 2.24) is 5.32 Å². The molecular formula is C24H25NO6S. The van der Waals surface area contributed by atoms with Gasteiger partial charge in [-0.25, -0.2) is 0 Å². The standard InChI is InChI=1S/C24H25NO6S/c1-4-31-24(28)22-16(19-6-5-9-32-19)11-17-21(23(22)27)15(12-20(26)25-17)14-10-13(29-2)7-8-18(14)30-3/h5-10,15-16,22H,4,11-12H2,1-3H3,(H,25,26)/t15-,16+,22+/m1/s1. The molecule has 0 radical (unpaired) electrons. The Labute approximate surface area is 190 Å². The van der Waals surface area contributed by atoms with Gasteiger partial charge in [-0.3, -0.25) is 14.4 Å². The van der Waals surface area contributed by atoms with Crippen molar-refractivity contribution in [3.63, 3.8) is 0 Å². The molecule has 0 fully saturated rings. The number of methoxy groups -OCH3 is 2. The molecule has 168 valence electrons. The van der Waals surface area contributed by atoms with Gasteiger partial charge in [0.05, 0.1) is 20.8 Å². The van der Waals surface area contributed by atoms with E-state index in [4.69, 9.17) is 14.2 Å². The van der Waals surface area contributed by atoms with E-state index in [9.17, 15) is 14.4 Å². The average molecular weight is 456 g/mol. The van der Waals surface area contributed by atoms with Crippen LogP contribution in [-0.4, -0.2) is 38.5 Å². The third-order valence-electron chi connectivity index (χ3n) is 5.99. The summed E-state index contributed by atoms with van der Waals surface area (Å²) < 4.78 is 16.2. The van der Waals surface area contributed by atoms with Crippen LogP contribution >= 0.6 is 11.3 Å². The van der Waals surface area contributed by atoms with Crippen LogP contribution in [0.1, 0.15) is 42.0 Å². The normalized spacial score (nSPS) is 22.8. The molecule has 0 bridgehead atoms. The number of amides is 1. The molecule has 1 aliphatic heterocycles. The highest BCUT2D eigenvalue weighted by atomic mass is 32.1. The molecule has 32 heavy (non-hydrogen) atoms. The van der Waals surface area contributed by atoms with Crippen molar-refractivity contribution in [1.29, 1.82) is 0 Å². The smallest absolute Gasteiger partial charge is 0.317 e. The van der Waals surface area contributed by atoms with Gasteiger partial charge in [0, 0.05) is 40.0 Å². The largest absolute Gasteiger partial charge is 0.497 e. The first-order chi connectivity index (χ1) is 15.5. The van der Waals surface area contributed by atoms with E-state index < -0.39 is 17.8 Å². The van der Waals surface area contributed by atoms with Crippen molar-refractivity contribution in [2.75, 3.05) is 20.8 Å².